The molecular weight excluding hydrogens is 232 g/mol. The fourth-order valence-electron chi connectivity index (χ4n) is 2.37. The van der Waals surface area contributed by atoms with E-state index in [2.05, 4.69) is 69.2 Å². The molecule has 0 saturated carbocycles. The van der Waals surface area contributed by atoms with E-state index in [1.807, 2.05) is 7.05 Å². The molecule has 19 heavy (non-hydrogen) atoms. The van der Waals surface area contributed by atoms with Crippen LogP contribution in [0.5, 0.6) is 0 Å². The van der Waals surface area contributed by atoms with Gasteiger partial charge in [-0.2, -0.15) is 0 Å². The summed E-state index contributed by atoms with van der Waals surface area (Å²) in [5.41, 5.74) is 2.99. The Morgan fingerprint density at radius 2 is 1.63 bits per heavy atom. The second-order valence-electron chi connectivity index (χ2n) is 6.72. The van der Waals surface area contributed by atoms with Gasteiger partial charge in [0.05, 0.1) is 0 Å². The van der Waals surface area contributed by atoms with Crippen molar-refractivity contribution >= 4 is 0 Å². The predicted octanol–water partition coefficient (Wildman–Crippen LogP) is 3.31. The molecule has 0 spiro atoms. The monoisotopic (exact) mass is 262 g/mol. The topological polar surface area (TPSA) is 15.3 Å². The Kier molecular flexibility index (Phi) is 6.02. The van der Waals surface area contributed by atoms with Crippen molar-refractivity contribution in [3.05, 3.63) is 35.4 Å². The second-order valence-corrected chi connectivity index (χ2v) is 6.72. The molecule has 2 heteroatoms. The minimum atomic E-state index is 0.159. The standard InChI is InChI=1S/C17H30N2/c1-14(2)11-15-7-9-16(10-8-15)12-19(6)13-17(3,4)18-5/h7-10,14,18H,11-13H2,1-6H3. The van der Waals surface area contributed by atoms with E-state index < -0.39 is 0 Å². The number of benzene rings is 1. The lowest BCUT2D eigenvalue weighted by molar-refractivity contribution is 0.238. The number of hydrogen-bond donors (Lipinski definition) is 1. The van der Waals surface area contributed by atoms with Gasteiger partial charge in [-0.15, -0.1) is 0 Å². The van der Waals surface area contributed by atoms with Crippen LogP contribution < -0.4 is 5.32 Å². The summed E-state index contributed by atoms with van der Waals surface area (Å²) in [6.07, 6.45) is 1.17. The molecule has 108 valence electrons. The molecule has 0 bridgehead atoms. The van der Waals surface area contributed by atoms with Gasteiger partial charge in [-0.1, -0.05) is 38.1 Å². The highest BCUT2D eigenvalue weighted by molar-refractivity contribution is 5.22. The number of nitrogens with one attached hydrogen (secondary N) is 1. The van der Waals surface area contributed by atoms with Crippen LogP contribution in [0.2, 0.25) is 0 Å². The van der Waals surface area contributed by atoms with Gasteiger partial charge in [-0.25, -0.2) is 0 Å². The van der Waals surface area contributed by atoms with E-state index in [1.54, 1.807) is 0 Å². The van der Waals surface area contributed by atoms with Crippen molar-refractivity contribution in [2.45, 2.75) is 46.2 Å². The Balaban J connectivity index is 2.53. The van der Waals surface area contributed by atoms with Crippen LogP contribution in [0.25, 0.3) is 0 Å². The van der Waals surface area contributed by atoms with Crippen molar-refractivity contribution in [3.63, 3.8) is 0 Å². The molecule has 0 heterocycles. The van der Waals surface area contributed by atoms with Crippen molar-refractivity contribution < 1.29 is 0 Å². The Morgan fingerprint density at radius 1 is 1.11 bits per heavy atom. The Hall–Kier alpha value is -0.860. The van der Waals surface area contributed by atoms with E-state index in [0.717, 1.165) is 19.0 Å². The minimum Gasteiger partial charge on any atom is -0.314 e. The fraction of sp³-hybridized carbons (Fsp3) is 0.647. The summed E-state index contributed by atoms with van der Waals surface area (Å²) in [5.74, 6) is 0.727. The molecule has 0 unspecified atom stereocenters. The summed E-state index contributed by atoms with van der Waals surface area (Å²) >= 11 is 0. The zero-order valence-electron chi connectivity index (χ0n) is 13.5. The molecule has 1 aromatic carbocycles. The molecule has 0 atom stereocenters. The summed E-state index contributed by atoms with van der Waals surface area (Å²) in [5, 5.41) is 3.35. The lowest BCUT2D eigenvalue weighted by Gasteiger charge is -2.30. The van der Waals surface area contributed by atoms with Gasteiger partial charge in [0.25, 0.3) is 0 Å². The van der Waals surface area contributed by atoms with Crippen LogP contribution in [0.1, 0.15) is 38.8 Å². The average molecular weight is 262 g/mol. The van der Waals surface area contributed by atoms with Gasteiger partial charge < -0.3 is 10.2 Å². The molecule has 1 aromatic rings. The molecule has 0 aliphatic carbocycles. The van der Waals surface area contributed by atoms with Crippen LogP contribution in [-0.2, 0) is 13.0 Å². The molecule has 0 radical (unpaired) electrons. The number of likely N-dealkylation sites (N-methyl/N-ethyl adjacent to an activating group) is 2. The molecule has 2 nitrogen and oxygen atoms in total. The van der Waals surface area contributed by atoms with E-state index >= 15 is 0 Å². The summed E-state index contributed by atoms with van der Waals surface area (Å²) < 4.78 is 0. The van der Waals surface area contributed by atoms with Crippen LogP contribution in [0, 0.1) is 5.92 Å². The number of hydrogen-bond acceptors (Lipinski definition) is 2. The molecule has 0 amide bonds. The maximum Gasteiger partial charge on any atom is 0.0249 e. The number of rotatable bonds is 7. The van der Waals surface area contributed by atoms with Crippen molar-refractivity contribution in [3.8, 4) is 0 Å². The normalized spacial score (nSPS) is 12.4. The smallest absolute Gasteiger partial charge is 0.0249 e. The van der Waals surface area contributed by atoms with Crippen LogP contribution in [0.15, 0.2) is 24.3 Å². The molecule has 1 rings (SSSR count). The first-order chi connectivity index (χ1) is 8.82. The zero-order chi connectivity index (χ0) is 14.5. The van der Waals surface area contributed by atoms with Gasteiger partial charge >= 0.3 is 0 Å². The van der Waals surface area contributed by atoms with E-state index in [4.69, 9.17) is 0 Å². The zero-order valence-corrected chi connectivity index (χ0v) is 13.5. The third-order valence-electron chi connectivity index (χ3n) is 3.46. The maximum absolute atomic E-state index is 3.35. The highest BCUT2D eigenvalue weighted by atomic mass is 15.1. The van der Waals surface area contributed by atoms with Crippen LogP contribution in [0.4, 0.5) is 0 Å². The van der Waals surface area contributed by atoms with Crippen molar-refractivity contribution in [1.82, 2.24) is 10.2 Å². The lowest BCUT2D eigenvalue weighted by Crippen LogP contribution is -2.46. The molecular formula is C17H30N2. The first-order valence-corrected chi connectivity index (χ1v) is 7.27. The molecule has 1 N–H and O–H groups in total. The molecule has 0 saturated heterocycles. The first-order valence-electron chi connectivity index (χ1n) is 7.27. The van der Waals surface area contributed by atoms with Crippen molar-refractivity contribution in [2.75, 3.05) is 20.6 Å². The second kappa shape index (κ2) is 7.06. The van der Waals surface area contributed by atoms with Gasteiger partial charge in [0, 0.05) is 18.6 Å². The molecule has 0 aliphatic heterocycles. The van der Waals surface area contributed by atoms with Crippen molar-refractivity contribution in [2.24, 2.45) is 5.92 Å². The Morgan fingerprint density at radius 3 is 2.11 bits per heavy atom. The summed E-state index contributed by atoms with van der Waals surface area (Å²) in [4.78, 5) is 2.37. The molecule has 0 aromatic heterocycles. The maximum atomic E-state index is 3.35. The predicted molar refractivity (Wildman–Crippen MR) is 84.5 cm³/mol. The Labute approximate surface area is 119 Å². The summed E-state index contributed by atoms with van der Waals surface area (Å²) in [7, 11) is 4.20. The molecule has 0 aliphatic rings. The highest BCUT2D eigenvalue weighted by Gasteiger charge is 2.17. The van der Waals surface area contributed by atoms with Gasteiger partial charge in [0.15, 0.2) is 0 Å². The third kappa shape index (κ3) is 6.22. The largest absolute Gasteiger partial charge is 0.314 e. The van der Waals surface area contributed by atoms with Gasteiger partial charge in [0.2, 0.25) is 0 Å². The van der Waals surface area contributed by atoms with E-state index in [1.165, 1.54) is 17.5 Å². The third-order valence-corrected chi connectivity index (χ3v) is 3.46. The van der Waals surface area contributed by atoms with Crippen LogP contribution in [0.3, 0.4) is 0 Å². The average Bonchev–Trinajstić information content (AvgIpc) is 2.30. The van der Waals surface area contributed by atoms with Gasteiger partial charge in [-0.05, 0) is 51.4 Å². The SMILES string of the molecule is CNC(C)(C)CN(C)Cc1ccc(CC(C)C)cc1. The lowest BCUT2D eigenvalue weighted by atomic mass is 10.0. The quantitative estimate of drug-likeness (QED) is 0.811. The Bertz CT molecular complexity index is 365. The van der Waals surface area contributed by atoms with Crippen LogP contribution >= 0.6 is 0 Å². The summed E-state index contributed by atoms with van der Waals surface area (Å²) in [6.45, 7) is 11.0. The molecule has 0 fully saturated rings. The number of nitrogens with zero attached hydrogens (tertiary/aromatic N) is 1. The van der Waals surface area contributed by atoms with Crippen LogP contribution in [-0.4, -0.2) is 31.1 Å². The van der Waals surface area contributed by atoms with Crippen molar-refractivity contribution in [1.29, 1.82) is 0 Å². The highest BCUT2D eigenvalue weighted by Crippen LogP contribution is 2.12. The summed E-state index contributed by atoms with van der Waals surface area (Å²) in [6, 6.07) is 9.07. The van der Waals surface area contributed by atoms with E-state index in [0.29, 0.717) is 0 Å². The van der Waals surface area contributed by atoms with Gasteiger partial charge in [-0.3, -0.25) is 0 Å². The van der Waals surface area contributed by atoms with Gasteiger partial charge in [0.1, 0.15) is 0 Å². The fourth-order valence-corrected chi connectivity index (χ4v) is 2.37. The first kappa shape index (κ1) is 16.2. The van der Waals surface area contributed by atoms with E-state index in [-0.39, 0.29) is 5.54 Å². The van der Waals surface area contributed by atoms with E-state index in [9.17, 15) is 0 Å². The minimum absolute atomic E-state index is 0.159.